The second-order valence-electron chi connectivity index (χ2n) is 5.12. The van der Waals surface area contributed by atoms with E-state index in [9.17, 15) is 24.9 Å². The fourth-order valence-electron chi connectivity index (χ4n) is 2.53. The number of aliphatic carboxylic acids is 1. The molecule has 2 rings (SSSR count). The van der Waals surface area contributed by atoms with Gasteiger partial charge in [0.05, 0.1) is 11.0 Å². The predicted molar refractivity (Wildman–Crippen MR) is 70.7 cm³/mol. The van der Waals surface area contributed by atoms with Gasteiger partial charge in [-0.15, -0.1) is 0 Å². The van der Waals surface area contributed by atoms with E-state index in [0.717, 1.165) is 0 Å². The van der Waals surface area contributed by atoms with Crippen molar-refractivity contribution in [2.24, 2.45) is 5.41 Å². The second kappa shape index (κ2) is 5.03. The van der Waals surface area contributed by atoms with Gasteiger partial charge in [0, 0.05) is 13.1 Å². The van der Waals surface area contributed by atoms with Crippen LogP contribution in [0, 0.1) is 5.41 Å². The minimum Gasteiger partial charge on any atom is -0.508 e. The predicted octanol–water partition coefficient (Wildman–Crippen LogP) is 1.42. The number of phenols is 2. The van der Waals surface area contributed by atoms with Crippen molar-refractivity contribution in [3.05, 3.63) is 23.8 Å². The molecule has 3 N–H and O–H groups in total. The van der Waals surface area contributed by atoms with Gasteiger partial charge in [-0.05, 0) is 31.0 Å². The summed E-state index contributed by atoms with van der Waals surface area (Å²) in [6.07, 6.45) is 0.836. The molecule has 0 saturated carbocycles. The third-order valence-electron chi connectivity index (χ3n) is 3.98. The number of carbonyl (C=O) groups excluding carboxylic acids is 1. The fraction of sp³-hybridized carbons (Fsp3) is 0.429. The molecule has 0 spiro atoms. The van der Waals surface area contributed by atoms with E-state index in [1.54, 1.807) is 6.92 Å². The van der Waals surface area contributed by atoms with Crippen LogP contribution in [-0.2, 0) is 4.79 Å². The Morgan fingerprint density at radius 1 is 1.35 bits per heavy atom. The smallest absolute Gasteiger partial charge is 0.311 e. The normalized spacial score (nSPS) is 21.9. The van der Waals surface area contributed by atoms with E-state index in [1.165, 1.54) is 23.1 Å². The molecule has 1 fully saturated rings. The number of rotatable bonds is 3. The summed E-state index contributed by atoms with van der Waals surface area (Å²) in [7, 11) is 0. The van der Waals surface area contributed by atoms with E-state index in [-0.39, 0.29) is 23.6 Å². The summed E-state index contributed by atoms with van der Waals surface area (Å²) in [6, 6.07) is 3.71. The van der Waals surface area contributed by atoms with E-state index in [4.69, 9.17) is 0 Å². The van der Waals surface area contributed by atoms with Crippen molar-refractivity contribution >= 4 is 11.9 Å². The number of carbonyl (C=O) groups is 2. The van der Waals surface area contributed by atoms with Gasteiger partial charge in [-0.1, -0.05) is 6.92 Å². The third-order valence-corrected chi connectivity index (χ3v) is 3.98. The van der Waals surface area contributed by atoms with E-state index >= 15 is 0 Å². The van der Waals surface area contributed by atoms with Crippen LogP contribution in [0.4, 0.5) is 0 Å². The quantitative estimate of drug-likeness (QED) is 0.727. The Morgan fingerprint density at radius 3 is 2.60 bits per heavy atom. The van der Waals surface area contributed by atoms with Crippen LogP contribution >= 0.6 is 0 Å². The van der Waals surface area contributed by atoms with Gasteiger partial charge in [-0.25, -0.2) is 0 Å². The largest absolute Gasteiger partial charge is 0.508 e. The van der Waals surface area contributed by atoms with Crippen LogP contribution in [0.25, 0.3) is 0 Å². The maximum Gasteiger partial charge on any atom is 0.311 e. The molecule has 1 aromatic rings. The first-order chi connectivity index (χ1) is 9.39. The minimum atomic E-state index is -0.915. The number of nitrogens with zero attached hydrogens (tertiary/aromatic N) is 1. The molecule has 1 heterocycles. The molecule has 1 aliphatic rings. The highest BCUT2D eigenvalue weighted by atomic mass is 16.4. The molecular weight excluding hydrogens is 262 g/mol. The van der Waals surface area contributed by atoms with E-state index in [1.807, 2.05) is 0 Å². The number of likely N-dealkylation sites (tertiary alicyclic amines) is 1. The lowest BCUT2D eigenvalue weighted by Gasteiger charge is -2.23. The summed E-state index contributed by atoms with van der Waals surface area (Å²) in [5, 5.41) is 28.4. The zero-order valence-electron chi connectivity index (χ0n) is 11.2. The fourth-order valence-corrected chi connectivity index (χ4v) is 2.53. The van der Waals surface area contributed by atoms with Crippen LogP contribution in [0.5, 0.6) is 11.5 Å². The summed E-state index contributed by atoms with van der Waals surface area (Å²) >= 11 is 0. The van der Waals surface area contributed by atoms with Gasteiger partial charge in [-0.2, -0.15) is 0 Å². The maximum absolute atomic E-state index is 12.3. The van der Waals surface area contributed by atoms with Crippen LogP contribution in [0.3, 0.4) is 0 Å². The molecule has 1 unspecified atom stereocenters. The molecule has 20 heavy (non-hydrogen) atoms. The van der Waals surface area contributed by atoms with Crippen LogP contribution in [-0.4, -0.2) is 45.2 Å². The summed E-state index contributed by atoms with van der Waals surface area (Å²) in [5.41, 5.74) is -0.926. The van der Waals surface area contributed by atoms with Gasteiger partial charge in [0.25, 0.3) is 5.91 Å². The van der Waals surface area contributed by atoms with E-state index in [0.29, 0.717) is 19.4 Å². The molecule has 1 amide bonds. The SMILES string of the molecule is CCC1(C(=O)O)CCN(C(=O)c2cc(O)ccc2O)C1. The zero-order valence-corrected chi connectivity index (χ0v) is 11.2. The average molecular weight is 279 g/mol. The van der Waals surface area contributed by atoms with Crippen LogP contribution in [0.1, 0.15) is 30.1 Å². The third kappa shape index (κ3) is 2.29. The Labute approximate surface area is 116 Å². The lowest BCUT2D eigenvalue weighted by Crippen LogP contribution is -2.36. The van der Waals surface area contributed by atoms with Gasteiger partial charge in [0.1, 0.15) is 11.5 Å². The van der Waals surface area contributed by atoms with Crippen LogP contribution in [0.15, 0.2) is 18.2 Å². The number of carboxylic acids is 1. The van der Waals surface area contributed by atoms with Crippen LogP contribution < -0.4 is 0 Å². The van der Waals surface area contributed by atoms with Crippen molar-refractivity contribution in [2.45, 2.75) is 19.8 Å². The highest BCUT2D eigenvalue weighted by Gasteiger charge is 2.45. The molecule has 6 nitrogen and oxygen atoms in total. The lowest BCUT2D eigenvalue weighted by molar-refractivity contribution is -0.148. The second-order valence-corrected chi connectivity index (χ2v) is 5.12. The summed E-state index contributed by atoms with van der Waals surface area (Å²) in [6.45, 7) is 2.23. The highest BCUT2D eigenvalue weighted by molar-refractivity contribution is 5.98. The number of amides is 1. The Hall–Kier alpha value is -2.24. The van der Waals surface area contributed by atoms with Gasteiger partial charge in [0.2, 0.25) is 0 Å². The first-order valence-electron chi connectivity index (χ1n) is 6.44. The van der Waals surface area contributed by atoms with Gasteiger partial charge in [0.15, 0.2) is 0 Å². The van der Waals surface area contributed by atoms with Gasteiger partial charge < -0.3 is 20.2 Å². The van der Waals surface area contributed by atoms with Crippen molar-refractivity contribution in [2.75, 3.05) is 13.1 Å². The molecule has 1 saturated heterocycles. The van der Waals surface area contributed by atoms with Crippen molar-refractivity contribution in [3.63, 3.8) is 0 Å². The first-order valence-corrected chi connectivity index (χ1v) is 6.44. The molecule has 108 valence electrons. The summed E-state index contributed by atoms with van der Waals surface area (Å²) in [4.78, 5) is 25.1. The van der Waals surface area contributed by atoms with Crippen LogP contribution in [0.2, 0.25) is 0 Å². The molecule has 1 aromatic carbocycles. The molecule has 6 heteroatoms. The molecular formula is C14H17NO5. The Balaban J connectivity index is 2.24. The Morgan fingerprint density at radius 2 is 2.05 bits per heavy atom. The van der Waals surface area contributed by atoms with Gasteiger partial charge >= 0.3 is 5.97 Å². The molecule has 1 atom stereocenters. The monoisotopic (exact) mass is 279 g/mol. The minimum absolute atomic E-state index is 0.0118. The average Bonchev–Trinajstić information content (AvgIpc) is 2.86. The highest BCUT2D eigenvalue weighted by Crippen LogP contribution is 2.35. The van der Waals surface area contributed by atoms with E-state index < -0.39 is 17.3 Å². The first kappa shape index (κ1) is 14.2. The Kier molecular flexibility index (Phi) is 3.57. The standard InChI is InChI=1S/C14H17NO5/c1-2-14(13(19)20)5-6-15(8-14)12(18)10-7-9(16)3-4-11(10)17/h3-4,7,16-17H,2,5-6,8H2,1H3,(H,19,20). The summed E-state index contributed by atoms with van der Waals surface area (Å²) < 4.78 is 0. The number of carboxylic acid groups (broad SMARTS) is 1. The topological polar surface area (TPSA) is 98.1 Å². The number of aromatic hydroxyl groups is 2. The molecule has 0 aliphatic carbocycles. The van der Waals surface area contributed by atoms with Crippen molar-refractivity contribution in [3.8, 4) is 11.5 Å². The lowest BCUT2D eigenvalue weighted by atomic mass is 9.84. The zero-order chi connectivity index (χ0) is 14.9. The Bertz CT molecular complexity index is 556. The maximum atomic E-state index is 12.3. The van der Waals surface area contributed by atoms with Crippen molar-refractivity contribution in [1.29, 1.82) is 0 Å². The number of benzene rings is 1. The number of hydrogen-bond donors (Lipinski definition) is 3. The molecule has 0 bridgehead atoms. The molecule has 1 aliphatic heterocycles. The van der Waals surface area contributed by atoms with Gasteiger partial charge in [-0.3, -0.25) is 9.59 Å². The molecule has 0 radical (unpaired) electrons. The molecule has 0 aromatic heterocycles. The summed E-state index contributed by atoms with van der Waals surface area (Å²) in [5.74, 6) is -1.71. The van der Waals surface area contributed by atoms with Crippen molar-refractivity contribution in [1.82, 2.24) is 4.90 Å². The number of hydrogen-bond acceptors (Lipinski definition) is 4. The number of phenolic OH excluding ortho intramolecular Hbond substituents is 2. The van der Waals surface area contributed by atoms with Crippen molar-refractivity contribution < 1.29 is 24.9 Å². The van der Waals surface area contributed by atoms with E-state index in [2.05, 4.69) is 0 Å².